The molecule has 59 heavy (non-hydrogen) atoms. The summed E-state index contributed by atoms with van der Waals surface area (Å²) < 4.78 is 11.3. The second-order valence-electron chi connectivity index (χ2n) is 15.1. The normalized spacial score (nSPS) is 20.0. The Morgan fingerprint density at radius 2 is 1.64 bits per heavy atom. The number of carbonyl (C=O) groups is 7. The first-order valence-electron chi connectivity index (χ1n) is 19.6. The van der Waals surface area contributed by atoms with Gasteiger partial charge in [0.05, 0.1) is 23.7 Å². The third-order valence-electron chi connectivity index (χ3n) is 10.9. The number of nitrogens with two attached hydrogens (primary N) is 1. The van der Waals surface area contributed by atoms with Crippen molar-refractivity contribution in [3.8, 4) is 6.07 Å². The average Bonchev–Trinajstić information content (AvgIpc) is 3.66. The second kappa shape index (κ2) is 19.9. The van der Waals surface area contributed by atoms with Crippen molar-refractivity contribution in [1.29, 1.82) is 5.26 Å². The van der Waals surface area contributed by atoms with Crippen LogP contribution in [-0.2, 0) is 33.4 Å². The summed E-state index contributed by atoms with van der Waals surface area (Å²) in [6, 6.07) is 12.0. The number of ether oxygens (including phenoxy) is 2. The number of primary amides is 1. The van der Waals surface area contributed by atoms with Gasteiger partial charge in [0.15, 0.2) is 0 Å². The lowest BCUT2D eigenvalue weighted by Crippen LogP contribution is -2.55. The lowest BCUT2D eigenvalue weighted by Gasteiger charge is -2.37. The van der Waals surface area contributed by atoms with Crippen LogP contribution in [0.5, 0.6) is 0 Å². The molecular formula is C40H51N9O10. The van der Waals surface area contributed by atoms with Crippen LogP contribution < -0.4 is 32.3 Å². The first-order chi connectivity index (χ1) is 28.2. The topological polar surface area (TPSA) is 275 Å². The van der Waals surface area contributed by atoms with E-state index in [0.717, 1.165) is 5.56 Å². The maximum Gasteiger partial charge on any atom is 0.509 e. The summed E-state index contributed by atoms with van der Waals surface area (Å²) in [5.74, 6) is -3.45. The van der Waals surface area contributed by atoms with Crippen LogP contribution in [0.15, 0.2) is 48.5 Å². The molecule has 2 heterocycles. The fourth-order valence-corrected chi connectivity index (χ4v) is 7.07. The molecule has 316 valence electrons. The minimum absolute atomic E-state index is 0.0584. The van der Waals surface area contributed by atoms with Gasteiger partial charge in [0, 0.05) is 56.9 Å². The van der Waals surface area contributed by atoms with Crippen molar-refractivity contribution in [2.24, 2.45) is 11.1 Å². The minimum atomic E-state index is -1.62. The number of nitriles is 1. The van der Waals surface area contributed by atoms with Gasteiger partial charge in [0.2, 0.25) is 23.8 Å². The fraction of sp³-hybridized carbons (Fsp3) is 0.500. The zero-order valence-corrected chi connectivity index (χ0v) is 33.0. The molecular weight excluding hydrogens is 766 g/mol. The number of anilines is 1. The zero-order valence-electron chi connectivity index (χ0n) is 33.0. The summed E-state index contributed by atoms with van der Waals surface area (Å²) in [6.07, 6.45) is -1.93. The van der Waals surface area contributed by atoms with Crippen molar-refractivity contribution in [1.82, 2.24) is 31.1 Å². The van der Waals surface area contributed by atoms with E-state index in [4.69, 9.17) is 20.5 Å². The lowest BCUT2D eigenvalue weighted by atomic mass is 9.68. The van der Waals surface area contributed by atoms with E-state index in [1.54, 1.807) is 29.2 Å². The number of piperazine rings is 1. The third kappa shape index (κ3) is 11.4. The van der Waals surface area contributed by atoms with Gasteiger partial charge in [-0.15, -0.1) is 0 Å². The Hall–Kier alpha value is -6.26. The molecule has 3 fully saturated rings. The second-order valence-corrected chi connectivity index (χ2v) is 15.1. The van der Waals surface area contributed by atoms with E-state index < -0.39 is 65.6 Å². The van der Waals surface area contributed by atoms with Crippen LogP contribution >= 0.6 is 0 Å². The molecule has 3 aliphatic rings. The number of hydrogen-bond donors (Lipinski definition) is 7. The molecule has 0 spiro atoms. The van der Waals surface area contributed by atoms with Gasteiger partial charge in [-0.2, -0.15) is 5.26 Å². The van der Waals surface area contributed by atoms with Gasteiger partial charge in [-0.1, -0.05) is 30.7 Å². The number of aliphatic carboxylic acids is 1. The summed E-state index contributed by atoms with van der Waals surface area (Å²) in [5, 5.41) is 32.5. The molecule has 0 bridgehead atoms. The highest BCUT2D eigenvalue weighted by atomic mass is 16.7. The molecule has 5 atom stereocenters. The van der Waals surface area contributed by atoms with E-state index in [9.17, 15) is 38.7 Å². The van der Waals surface area contributed by atoms with Gasteiger partial charge in [-0.05, 0) is 69.5 Å². The van der Waals surface area contributed by atoms with Crippen molar-refractivity contribution < 1.29 is 48.1 Å². The Kier molecular flexibility index (Phi) is 14.8. The summed E-state index contributed by atoms with van der Waals surface area (Å²) in [4.78, 5) is 93.4. The van der Waals surface area contributed by atoms with E-state index in [2.05, 4.69) is 37.6 Å². The number of nitrogens with one attached hydrogen (secondary N) is 5. The Balaban J connectivity index is 1.22. The fourth-order valence-electron chi connectivity index (χ4n) is 7.07. The smallest absolute Gasteiger partial charge is 0.480 e. The molecule has 19 nitrogen and oxygen atoms in total. The number of carbonyl (C=O) groups excluding carboxylic acids is 6. The van der Waals surface area contributed by atoms with Crippen molar-refractivity contribution in [2.45, 2.75) is 75.8 Å². The van der Waals surface area contributed by atoms with Gasteiger partial charge in [-0.25, -0.2) is 9.59 Å². The van der Waals surface area contributed by atoms with Gasteiger partial charge in [0.1, 0.15) is 17.6 Å². The van der Waals surface area contributed by atoms with Gasteiger partial charge >= 0.3 is 18.2 Å². The highest BCUT2D eigenvalue weighted by molar-refractivity contribution is 6.05. The van der Waals surface area contributed by atoms with Crippen LogP contribution in [0.3, 0.4) is 0 Å². The van der Waals surface area contributed by atoms with Crippen LogP contribution in [0.1, 0.15) is 74.3 Å². The molecule has 5 rings (SSSR count). The SMILES string of the molecule is C[C@H](NC(=O)[C@@H]1C[C@@H](OC(=O)OC(C(=O)N2CCN(C)CC2)c2ccc(NC(=O)[C@H](CCCNC(N)=O)NC(=O)C3(C(=O)O)CCC3)cc2)CN1)c1ccc(C#N)cc1. The van der Waals surface area contributed by atoms with Crippen molar-refractivity contribution >= 4 is 47.5 Å². The van der Waals surface area contributed by atoms with E-state index in [1.165, 1.54) is 24.3 Å². The molecule has 8 N–H and O–H groups in total. The first-order valence-corrected chi connectivity index (χ1v) is 19.6. The number of carboxylic acid groups (broad SMARTS) is 1. The van der Waals surface area contributed by atoms with Crippen molar-refractivity contribution in [2.75, 3.05) is 51.6 Å². The molecule has 2 aromatic carbocycles. The largest absolute Gasteiger partial charge is 0.509 e. The van der Waals surface area contributed by atoms with E-state index in [0.29, 0.717) is 43.7 Å². The number of urea groups is 1. The van der Waals surface area contributed by atoms with Crippen molar-refractivity contribution in [3.05, 3.63) is 65.2 Å². The molecule has 6 amide bonds. The summed E-state index contributed by atoms with van der Waals surface area (Å²) in [5.41, 5.74) is 5.40. The summed E-state index contributed by atoms with van der Waals surface area (Å²) >= 11 is 0. The van der Waals surface area contributed by atoms with Gasteiger partial charge in [-0.3, -0.25) is 24.0 Å². The van der Waals surface area contributed by atoms with E-state index in [1.807, 2.05) is 14.0 Å². The maximum absolute atomic E-state index is 13.9. The number of carboxylic acids is 1. The Morgan fingerprint density at radius 1 is 0.983 bits per heavy atom. The molecule has 1 aliphatic carbocycles. The molecule has 0 aromatic heterocycles. The Labute approximate surface area is 341 Å². The molecule has 2 aliphatic heterocycles. The lowest BCUT2D eigenvalue weighted by molar-refractivity contribution is -0.162. The highest BCUT2D eigenvalue weighted by Gasteiger charge is 2.52. The number of benzene rings is 2. The molecule has 2 saturated heterocycles. The number of rotatable bonds is 16. The molecule has 2 aromatic rings. The minimum Gasteiger partial charge on any atom is -0.480 e. The number of amides is 6. The number of likely N-dealkylation sites (N-methyl/N-ethyl adjacent to an activating group) is 1. The van der Waals surface area contributed by atoms with Gasteiger partial charge in [0.25, 0.3) is 5.91 Å². The predicted molar refractivity (Wildman–Crippen MR) is 210 cm³/mol. The van der Waals surface area contributed by atoms with E-state index >= 15 is 0 Å². The molecule has 1 saturated carbocycles. The number of hydrogen-bond acceptors (Lipinski definition) is 12. The van der Waals surface area contributed by atoms with Crippen LogP contribution in [0.2, 0.25) is 0 Å². The van der Waals surface area contributed by atoms with Gasteiger partial charge < -0.3 is 56.7 Å². The predicted octanol–water partition coefficient (Wildman–Crippen LogP) is 1.26. The van der Waals surface area contributed by atoms with Crippen molar-refractivity contribution in [3.63, 3.8) is 0 Å². The Bertz CT molecular complexity index is 1910. The third-order valence-corrected chi connectivity index (χ3v) is 10.9. The first kappa shape index (κ1) is 43.9. The Morgan fingerprint density at radius 3 is 2.24 bits per heavy atom. The average molecular weight is 818 g/mol. The van der Waals surface area contributed by atoms with Crippen LogP contribution in [-0.4, -0.2) is 121 Å². The van der Waals surface area contributed by atoms with Crippen LogP contribution in [0.25, 0.3) is 0 Å². The monoisotopic (exact) mass is 817 g/mol. The standard InChI is InChI=1S/C40H51N9O10/c1-24(26-8-6-25(22-41)7-9-26)45-34(51)31-21-29(23-44-31)58-39(57)59-32(35(52)49-19-17-48(2)18-20-49)27-10-12-28(13-11-27)46-33(50)30(5-3-16-43-38(42)56)47-36(53)40(37(54)55)14-4-15-40/h6-13,24,29-32,44H,3-5,14-21,23H2,1-2H3,(H,45,51)(H,46,50)(H,47,53)(H,54,55)(H3,42,43,56)/t24-,29+,30-,31-,32?/m0/s1. The van der Waals surface area contributed by atoms with Crippen LogP contribution in [0, 0.1) is 16.7 Å². The van der Waals surface area contributed by atoms with Crippen LogP contribution in [0.4, 0.5) is 15.3 Å². The molecule has 1 unspecified atom stereocenters. The zero-order chi connectivity index (χ0) is 42.7. The molecule has 19 heteroatoms. The highest BCUT2D eigenvalue weighted by Crippen LogP contribution is 2.41. The van der Waals surface area contributed by atoms with E-state index in [-0.39, 0.29) is 62.8 Å². The quantitative estimate of drug-likeness (QED) is 0.0715. The maximum atomic E-state index is 13.9. The number of nitrogens with zero attached hydrogens (tertiary/aromatic N) is 3. The summed E-state index contributed by atoms with van der Waals surface area (Å²) in [7, 11) is 1.93. The molecule has 0 radical (unpaired) electrons. The summed E-state index contributed by atoms with van der Waals surface area (Å²) in [6.45, 7) is 4.12.